The maximum atomic E-state index is 13.2. The van der Waals surface area contributed by atoms with Crippen molar-refractivity contribution in [2.24, 2.45) is 5.92 Å². The Hall–Kier alpha value is -2.82. The summed E-state index contributed by atoms with van der Waals surface area (Å²) in [6.45, 7) is 6.68. The van der Waals surface area contributed by atoms with Gasteiger partial charge in [0.05, 0.1) is 12.2 Å². The van der Waals surface area contributed by atoms with Crippen molar-refractivity contribution in [1.82, 2.24) is 5.32 Å². The van der Waals surface area contributed by atoms with Crippen LogP contribution in [0.1, 0.15) is 29.8 Å². The van der Waals surface area contributed by atoms with Gasteiger partial charge >= 0.3 is 0 Å². The number of amides is 2. The summed E-state index contributed by atoms with van der Waals surface area (Å²) >= 11 is 0. The van der Waals surface area contributed by atoms with Gasteiger partial charge in [-0.1, -0.05) is 44.2 Å². The molecule has 0 saturated heterocycles. The molecule has 0 spiro atoms. The van der Waals surface area contributed by atoms with E-state index in [1.807, 2.05) is 63.2 Å². The highest BCUT2D eigenvalue weighted by Gasteiger charge is 2.32. The first-order valence-corrected chi connectivity index (χ1v) is 8.88. The van der Waals surface area contributed by atoms with Crippen molar-refractivity contribution < 1.29 is 14.3 Å². The molecule has 2 amide bonds. The van der Waals surface area contributed by atoms with Gasteiger partial charge in [0.15, 0.2) is 0 Å². The molecule has 0 radical (unpaired) electrons. The van der Waals surface area contributed by atoms with E-state index >= 15 is 0 Å². The molecular formula is C21H24N2O3. The number of anilines is 1. The van der Waals surface area contributed by atoms with Crippen LogP contribution in [0, 0.1) is 12.8 Å². The van der Waals surface area contributed by atoms with Gasteiger partial charge in [0.1, 0.15) is 18.4 Å². The number of benzene rings is 2. The van der Waals surface area contributed by atoms with E-state index in [0.29, 0.717) is 24.5 Å². The minimum absolute atomic E-state index is 0.0366. The van der Waals surface area contributed by atoms with E-state index in [0.717, 1.165) is 11.3 Å². The largest absolute Gasteiger partial charge is 0.490 e. The van der Waals surface area contributed by atoms with Gasteiger partial charge in [0.25, 0.3) is 5.91 Å². The smallest absolute Gasteiger partial charge is 0.252 e. The van der Waals surface area contributed by atoms with Crippen LogP contribution in [0.15, 0.2) is 48.5 Å². The Bertz CT molecular complexity index is 816. The number of rotatable bonds is 4. The molecular weight excluding hydrogens is 328 g/mol. The standard InChI is InChI=1S/C21H24N2O3/c1-14(2)19(22-20(24)16-9-5-4-8-15(16)3)21(25)23-12-13-26-18-11-7-6-10-17(18)23/h4-11,14,19H,12-13H2,1-3H3,(H,22,24)/t19-/m0/s1. The zero-order valence-electron chi connectivity index (χ0n) is 15.4. The van der Waals surface area contributed by atoms with Crippen LogP contribution < -0.4 is 15.0 Å². The lowest BCUT2D eigenvalue weighted by molar-refractivity contribution is -0.121. The van der Waals surface area contributed by atoms with Crippen LogP contribution in [-0.4, -0.2) is 31.0 Å². The summed E-state index contributed by atoms with van der Waals surface area (Å²) in [5, 5.41) is 2.93. The number of fused-ring (bicyclic) bond motifs is 1. The quantitative estimate of drug-likeness (QED) is 0.919. The lowest BCUT2D eigenvalue weighted by Gasteiger charge is -2.33. The van der Waals surface area contributed by atoms with Crippen molar-refractivity contribution in [2.45, 2.75) is 26.8 Å². The number of aryl methyl sites for hydroxylation is 1. The normalized spacial score (nSPS) is 14.4. The first-order chi connectivity index (χ1) is 12.5. The fourth-order valence-corrected chi connectivity index (χ4v) is 3.13. The molecule has 0 bridgehead atoms. The predicted octanol–water partition coefficient (Wildman–Crippen LogP) is 3.18. The van der Waals surface area contributed by atoms with Crippen molar-refractivity contribution in [3.63, 3.8) is 0 Å². The van der Waals surface area contributed by atoms with Gasteiger partial charge in [-0.05, 0) is 36.6 Å². The first-order valence-electron chi connectivity index (χ1n) is 8.88. The molecule has 0 aliphatic carbocycles. The number of nitrogens with zero attached hydrogens (tertiary/aromatic N) is 1. The number of ether oxygens (including phenoxy) is 1. The van der Waals surface area contributed by atoms with Gasteiger partial charge < -0.3 is 15.0 Å². The summed E-state index contributed by atoms with van der Waals surface area (Å²) in [5.74, 6) is 0.319. The molecule has 1 N–H and O–H groups in total. The van der Waals surface area contributed by atoms with Crippen LogP contribution in [0.3, 0.4) is 0 Å². The summed E-state index contributed by atoms with van der Waals surface area (Å²) in [4.78, 5) is 27.6. The number of hydrogen-bond donors (Lipinski definition) is 1. The lowest BCUT2D eigenvalue weighted by atomic mass is 10.0. The van der Waals surface area contributed by atoms with Crippen molar-refractivity contribution >= 4 is 17.5 Å². The third kappa shape index (κ3) is 3.57. The molecule has 2 aromatic rings. The van der Waals surface area contributed by atoms with E-state index < -0.39 is 6.04 Å². The van der Waals surface area contributed by atoms with E-state index in [-0.39, 0.29) is 17.7 Å². The van der Waals surface area contributed by atoms with Crippen molar-refractivity contribution in [3.8, 4) is 5.75 Å². The molecule has 1 atom stereocenters. The Labute approximate surface area is 154 Å². The number of nitrogens with one attached hydrogen (secondary N) is 1. The molecule has 26 heavy (non-hydrogen) atoms. The Balaban J connectivity index is 1.84. The van der Waals surface area contributed by atoms with Crippen molar-refractivity contribution in [2.75, 3.05) is 18.1 Å². The molecule has 2 aromatic carbocycles. The molecule has 5 heteroatoms. The third-order valence-electron chi connectivity index (χ3n) is 4.60. The highest BCUT2D eigenvalue weighted by molar-refractivity contribution is 6.03. The van der Waals surface area contributed by atoms with Gasteiger partial charge in [-0.25, -0.2) is 0 Å². The van der Waals surface area contributed by atoms with Crippen molar-refractivity contribution in [3.05, 3.63) is 59.7 Å². The van der Waals surface area contributed by atoms with Crippen LogP contribution in [-0.2, 0) is 4.79 Å². The molecule has 0 saturated carbocycles. The number of carbonyl (C=O) groups is 2. The van der Waals surface area contributed by atoms with E-state index in [4.69, 9.17) is 4.74 Å². The van der Waals surface area contributed by atoms with Gasteiger partial charge in [-0.2, -0.15) is 0 Å². The average Bonchev–Trinajstić information content (AvgIpc) is 2.65. The fraction of sp³-hybridized carbons (Fsp3) is 0.333. The SMILES string of the molecule is Cc1ccccc1C(=O)N[C@H](C(=O)N1CCOc2ccccc21)C(C)C. The number of hydrogen-bond acceptors (Lipinski definition) is 3. The maximum absolute atomic E-state index is 13.2. The highest BCUT2D eigenvalue weighted by Crippen LogP contribution is 2.31. The number of para-hydroxylation sites is 2. The molecule has 5 nitrogen and oxygen atoms in total. The van der Waals surface area contributed by atoms with E-state index in [1.165, 1.54) is 0 Å². The summed E-state index contributed by atoms with van der Waals surface area (Å²) in [5.41, 5.74) is 2.23. The van der Waals surface area contributed by atoms with Gasteiger partial charge in [-0.15, -0.1) is 0 Å². The topological polar surface area (TPSA) is 58.6 Å². The van der Waals surface area contributed by atoms with E-state index in [1.54, 1.807) is 11.0 Å². The summed E-state index contributed by atoms with van der Waals surface area (Å²) in [7, 11) is 0. The first kappa shape index (κ1) is 18.0. The van der Waals surface area contributed by atoms with Gasteiger partial charge in [-0.3, -0.25) is 9.59 Å². The highest BCUT2D eigenvalue weighted by atomic mass is 16.5. The molecule has 136 valence electrons. The number of carbonyl (C=O) groups excluding carboxylic acids is 2. The van der Waals surface area contributed by atoms with Crippen LogP contribution in [0.4, 0.5) is 5.69 Å². The molecule has 0 unspecified atom stereocenters. The minimum Gasteiger partial charge on any atom is -0.490 e. The summed E-state index contributed by atoms with van der Waals surface area (Å²) < 4.78 is 5.63. The van der Waals surface area contributed by atoms with Crippen molar-refractivity contribution in [1.29, 1.82) is 0 Å². The Kier molecular flexibility index (Phi) is 5.26. The average molecular weight is 352 g/mol. The zero-order valence-corrected chi connectivity index (χ0v) is 15.4. The van der Waals surface area contributed by atoms with Gasteiger partial charge in [0.2, 0.25) is 5.91 Å². The Morgan fingerprint density at radius 2 is 1.77 bits per heavy atom. The van der Waals surface area contributed by atoms with Crippen LogP contribution >= 0.6 is 0 Å². The second kappa shape index (κ2) is 7.60. The predicted molar refractivity (Wildman–Crippen MR) is 102 cm³/mol. The lowest BCUT2D eigenvalue weighted by Crippen LogP contribution is -2.53. The zero-order chi connectivity index (χ0) is 18.7. The van der Waals surface area contributed by atoms with Crippen LogP contribution in [0.5, 0.6) is 5.75 Å². The minimum atomic E-state index is -0.603. The Morgan fingerprint density at radius 3 is 2.50 bits per heavy atom. The van der Waals surface area contributed by atoms with E-state index in [9.17, 15) is 9.59 Å². The van der Waals surface area contributed by atoms with Crippen LogP contribution in [0.2, 0.25) is 0 Å². The third-order valence-corrected chi connectivity index (χ3v) is 4.60. The molecule has 1 aliphatic rings. The molecule has 3 rings (SSSR count). The van der Waals surface area contributed by atoms with E-state index in [2.05, 4.69) is 5.32 Å². The monoisotopic (exact) mass is 352 g/mol. The summed E-state index contributed by atoms with van der Waals surface area (Å²) in [6.07, 6.45) is 0. The van der Waals surface area contributed by atoms with Gasteiger partial charge in [0, 0.05) is 5.56 Å². The molecule has 0 aromatic heterocycles. The molecule has 0 fully saturated rings. The maximum Gasteiger partial charge on any atom is 0.252 e. The Morgan fingerprint density at radius 1 is 1.08 bits per heavy atom. The fourth-order valence-electron chi connectivity index (χ4n) is 3.13. The van der Waals surface area contributed by atoms with Crippen LogP contribution in [0.25, 0.3) is 0 Å². The second-order valence-corrected chi connectivity index (χ2v) is 6.82. The second-order valence-electron chi connectivity index (χ2n) is 6.82. The molecule has 1 aliphatic heterocycles. The summed E-state index contributed by atoms with van der Waals surface area (Å²) in [6, 6.07) is 14.3. The molecule has 1 heterocycles.